The fraction of sp³-hybridized carbons (Fsp3) is 0.111. The zero-order valence-corrected chi connectivity index (χ0v) is 16.2. The first-order valence-corrected chi connectivity index (χ1v) is 10.5. The molecule has 4 nitrogen and oxygen atoms in total. The summed E-state index contributed by atoms with van der Waals surface area (Å²) in [7, 11) is -3.74. The summed E-state index contributed by atoms with van der Waals surface area (Å²) in [5.41, 5.74) is 1.12. The topological polar surface area (TPSA) is 58.2 Å². The van der Waals surface area contributed by atoms with E-state index in [2.05, 4.69) is 10.0 Å². The third-order valence-electron chi connectivity index (χ3n) is 3.75. The van der Waals surface area contributed by atoms with E-state index in [1.807, 2.05) is 30.3 Å². The number of hydrogen-bond donors (Lipinski definition) is 2. The van der Waals surface area contributed by atoms with Crippen molar-refractivity contribution in [3.05, 3.63) is 82.2 Å². The van der Waals surface area contributed by atoms with Gasteiger partial charge in [-0.1, -0.05) is 41.9 Å². The standard InChI is InChI=1S/C18H15ClF2N2O2S2/c19-17-8-9-18(26-17)27(24,25)22-11-16(12-4-2-1-3-5-12)23-13-6-7-14(20)15(21)10-13/h1-10,16,22-23H,11H2/t16-/m1/s1. The maximum atomic E-state index is 13.5. The summed E-state index contributed by atoms with van der Waals surface area (Å²) >= 11 is 6.76. The number of sulfonamides is 1. The van der Waals surface area contributed by atoms with Gasteiger partial charge in [0.2, 0.25) is 10.0 Å². The van der Waals surface area contributed by atoms with Gasteiger partial charge in [-0.05, 0) is 29.8 Å². The van der Waals surface area contributed by atoms with Gasteiger partial charge < -0.3 is 5.32 Å². The van der Waals surface area contributed by atoms with E-state index in [1.165, 1.54) is 18.2 Å². The van der Waals surface area contributed by atoms with E-state index < -0.39 is 27.7 Å². The molecule has 1 aromatic heterocycles. The van der Waals surface area contributed by atoms with Crippen LogP contribution in [0.2, 0.25) is 4.34 Å². The lowest BCUT2D eigenvalue weighted by Crippen LogP contribution is -2.31. The molecule has 3 rings (SSSR count). The van der Waals surface area contributed by atoms with Crippen LogP contribution in [0, 0.1) is 11.6 Å². The van der Waals surface area contributed by atoms with E-state index in [1.54, 1.807) is 0 Å². The van der Waals surface area contributed by atoms with Gasteiger partial charge in [0.15, 0.2) is 11.6 Å². The van der Waals surface area contributed by atoms with Crippen LogP contribution in [0.25, 0.3) is 0 Å². The summed E-state index contributed by atoms with van der Waals surface area (Å²) in [5.74, 6) is -1.94. The first-order valence-electron chi connectivity index (χ1n) is 7.87. The highest BCUT2D eigenvalue weighted by molar-refractivity contribution is 7.91. The van der Waals surface area contributed by atoms with E-state index in [0.29, 0.717) is 10.0 Å². The van der Waals surface area contributed by atoms with Gasteiger partial charge >= 0.3 is 0 Å². The molecule has 0 unspecified atom stereocenters. The Morgan fingerprint density at radius 3 is 2.37 bits per heavy atom. The Bertz CT molecular complexity index is 1030. The molecular formula is C18H15ClF2N2O2S2. The molecule has 142 valence electrons. The number of anilines is 1. The minimum Gasteiger partial charge on any atom is -0.377 e. The summed E-state index contributed by atoms with van der Waals surface area (Å²) in [6.07, 6.45) is 0. The second-order valence-corrected chi connectivity index (χ2v) is 9.36. The van der Waals surface area contributed by atoms with Crippen LogP contribution >= 0.6 is 22.9 Å². The number of rotatable bonds is 7. The first kappa shape index (κ1) is 19.8. The average Bonchev–Trinajstić information content (AvgIpc) is 3.10. The molecule has 0 aliphatic carbocycles. The molecule has 0 aliphatic rings. The van der Waals surface area contributed by atoms with Gasteiger partial charge in [-0.15, -0.1) is 11.3 Å². The molecule has 0 saturated heterocycles. The fourth-order valence-electron chi connectivity index (χ4n) is 2.43. The molecule has 27 heavy (non-hydrogen) atoms. The molecule has 0 saturated carbocycles. The second kappa shape index (κ2) is 8.35. The normalized spacial score (nSPS) is 12.7. The number of hydrogen-bond acceptors (Lipinski definition) is 4. The monoisotopic (exact) mass is 428 g/mol. The molecule has 2 aromatic carbocycles. The summed E-state index contributed by atoms with van der Waals surface area (Å²) in [5, 5.41) is 3.04. The molecule has 1 heterocycles. The summed E-state index contributed by atoms with van der Waals surface area (Å²) in [4.78, 5) is 0. The molecular weight excluding hydrogens is 414 g/mol. The highest BCUT2D eigenvalue weighted by Crippen LogP contribution is 2.26. The number of thiophene rings is 1. The van der Waals surface area contributed by atoms with Crippen LogP contribution in [-0.2, 0) is 10.0 Å². The molecule has 0 radical (unpaired) electrons. The minimum absolute atomic E-state index is 0.000854. The van der Waals surface area contributed by atoms with Crippen LogP contribution in [0.1, 0.15) is 11.6 Å². The van der Waals surface area contributed by atoms with Gasteiger partial charge in [-0.25, -0.2) is 21.9 Å². The number of nitrogens with one attached hydrogen (secondary N) is 2. The largest absolute Gasteiger partial charge is 0.377 e. The Morgan fingerprint density at radius 1 is 1.00 bits per heavy atom. The van der Waals surface area contributed by atoms with Crippen LogP contribution in [-0.4, -0.2) is 15.0 Å². The predicted octanol–water partition coefficient (Wildman–Crippen LogP) is 4.81. The predicted molar refractivity (Wildman–Crippen MR) is 104 cm³/mol. The highest BCUT2D eigenvalue weighted by atomic mass is 35.5. The van der Waals surface area contributed by atoms with Gasteiger partial charge in [0.25, 0.3) is 0 Å². The summed E-state index contributed by atoms with van der Waals surface area (Å²) < 4.78 is 54.5. The highest BCUT2D eigenvalue weighted by Gasteiger charge is 2.20. The number of halogens is 3. The molecule has 0 spiro atoms. The zero-order chi connectivity index (χ0) is 19.4. The Morgan fingerprint density at radius 2 is 1.74 bits per heavy atom. The minimum atomic E-state index is -3.74. The maximum Gasteiger partial charge on any atom is 0.250 e. The van der Waals surface area contributed by atoms with Crippen molar-refractivity contribution in [2.24, 2.45) is 0 Å². The van der Waals surface area contributed by atoms with E-state index in [-0.39, 0.29) is 10.8 Å². The molecule has 0 bridgehead atoms. The lowest BCUT2D eigenvalue weighted by molar-refractivity contribution is 0.509. The maximum absolute atomic E-state index is 13.5. The second-order valence-electron chi connectivity index (χ2n) is 5.65. The average molecular weight is 429 g/mol. The smallest absolute Gasteiger partial charge is 0.250 e. The molecule has 0 fully saturated rings. The molecule has 3 aromatic rings. The SMILES string of the molecule is O=S(=O)(NC[C@@H](Nc1ccc(F)c(F)c1)c1ccccc1)c1ccc(Cl)s1. The summed E-state index contributed by atoms with van der Waals surface area (Å²) in [6.45, 7) is 0.000854. The van der Waals surface area contributed by atoms with Crippen molar-refractivity contribution in [3.63, 3.8) is 0 Å². The fourth-order valence-corrected chi connectivity index (χ4v) is 5.01. The third kappa shape index (κ3) is 5.04. The Balaban J connectivity index is 1.81. The Kier molecular flexibility index (Phi) is 6.11. The van der Waals surface area contributed by atoms with Crippen LogP contribution in [0.5, 0.6) is 0 Å². The van der Waals surface area contributed by atoms with Crippen LogP contribution in [0.3, 0.4) is 0 Å². The molecule has 0 aliphatic heterocycles. The van der Waals surface area contributed by atoms with Crippen molar-refractivity contribution in [1.29, 1.82) is 0 Å². The Labute approximate surface area is 164 Å². The van der Waals surface area contributed by atoms with Crippen molar-refractivity contribution in [1.82, 2.24) is 4.72 Å². The quantitative estimate of drug-likeness (QED) is 0.567. The van der Waals surface area contributed by atoms with Gasteiger partial charge in [-0.3, -0.25) is 0 Å². The molecule has 0 amide bonds. The van der Waals surface area contributed by atoms with E-state index in [4.69, 9.17) is 11.6 Å². The molecule has 9 heteroatoms. The van der Waals surface area contributed by atoms with Crippen LogP contribution < -0.4 is 10.0 Å². The van der Waals surface area contributed by atoms with Gasteiger partial charge in [-0.2, -0.15) is 0 Å². The lowest BCUT2D eigenvalue weighted by atomic mass is 10.1. The molecule has 2 N–H and O–H groups in total. The third-order valence-corrected chi connectivity index (χ3v) is 6.90. The van der Waals surface area contributed by atoms with Gasteiger partial charge in [0, 0.05) is 18.3 Å². The first-order chi connectivity index (χ1) is 12.8. The molecule has 1 atom stereocenters. The van der Waals surface area contributed by atoms with Crippen molar-refractivity contribution < 1.29 is 17.2 Å². The lowest BCUT2D eigenvalue weighted by Gasteiger charge is -2.21. The van der Waals surface area contributed by atoms with Crippen molar-refractivity contribution >= 4 is 38.6 Å². The van der Waals surface area contributed by atoms with Crippen molar-refractivity contribution in [3.8, 4) is 0 Å². The summed E-state index contributed by atoms with van der Waals surface area (Å²) in [6, 6.07) is 14.9. The van der Waals surface area contributed by atoms with Gasteiger partial charge in [0.05, 0.1) is 10.4 Å². The van der Waals surface area contributed by atoms with Gasteiger partial charge in [0.1, 0.15) is 4.21 Å². The van der Waals surface area contributed by atoms with E-state index in [0.717, 1.165) is 29.0 Å². The van der Waals surface area contributed by atoms with Crippen LogP contribution in [0.15, 0.2) is 64.9 Å². The van der Waals surface area contributed by atoms with E-state index in [9.17, 15) is 17.2 Å². The van der Waals surface area contributed by atoms with Crippen LogP contribution in [0.4, 0.5) is 14.5 Å². The number of benzene rings is 2. The van der Waals surface area contributed by atoms with Crippen molar-refractivity contribution in [2.75, 3.05) is 11.9 Å². The van der Waals surface area contributed by atoms with Crippen molar-refractivity contribution in [2.45, 2.75) is 10.3 Å². The van der Waals surface area contributed by atoms with E-state index >= 15 is 0 Å². The Hall–Kier alpha value is -2.00. The zero-order valence-electron chi connectivity index (χ0n) is 13.8.